The molecule has 2 rings (SSSR count). The van der Waals surface area contributed by atoms with Gasteiger partial charge in [0.15, 0.2) is 0 Å². The van der Waals surface area contributed by atoms with Crippen molar-refractivity contribution in [2.75, 3.05) is 26.4 Å². The van der Waals surface area contributed by atoms with Crippen molar-refractivity contribution in [3.05, 3.63) is 11.7 Å². The fourth-order valence-electron chi connectivity index (χ4n) is 2.47. The number of ether oxygens (including phenoxy) is 2. The van der Waals surface area contributed by atoms with E-state index in [2.05, 4.69) is 5.32 Å². The third kappa shape index (κ3) is 4.79. The van der Waals surface area contributed by atoms with Crippen LogP contribution in [0.15, 0.2) is 11.7 Å². The van der Waals surface area contributed by atoms with Crippen molar-refractivity contribution >= 4 is 13.3 Å². The second-order valence-electron chi connectivity index (χ2n) is 7.01. The van der Waals surface area contributed by atoms with Gasteiger partial charge in [-0.2, -0.15) is 0 Å². The van der Waals surface area contributed by atoms with Gasteiger partial charge in [-0.15, -0.1) is 0 Å². The summed E-state index contributed by atoms with van der Waals surface area (Å²) in [7, 11) is -0.513. The highest BCUT2D eigenvalue weighted by molar-refractivity contribution is 6.60. The zero-order chi connectivity index (χ0) is 16.9. The third-order valence-electron chi connectivity index (χ3n) is 4.73. The van der Waals surface area contributed by atoms with E-state index in [-0.39, 0.29) is 0 Å². The van der Waals surface area contributed by atoms with Crippen LogP contribution in [-0.2, 0) is 18.8 Å². The molecule has 0 spiro atoms. The molecular weight excluding hydrogens is 295 g/mol. The van der Waals surface area contributed by atoms with Crippen molar-refractivity contribution in [2.24, 2.45) is 0 Å². The van der Waals surface area contributed by atoms with Gasteiger partial charge in [-0.1, -0.05) is 0 Å². The fourth-order valence-corrected chi connectivity index (χ4v) is 2.47. The van der Waals surface area contributed by atoms with Crippen LogP contribution in [0.5, 0.6) is 0 Å². The van der Waals surface area contributed by atoms with Crippen LogP contribution in [0.25, 0.3) is 0 Å². The summed E-state index contributed by atoms with van der Waals surface area (Å²) in [6.45, 7) is 10.9. The minimum Gasteiger partial charge on any atom is -0.399 e. The minimum atomic E-state index is -0.513. The Hall–Kier alpha value is -0.885. The molecule has 2 fully saturated rings. The molecule has 0 atom stereocenters. The topological polar surface area (TPSA) is 72.8 Å². The lowest BCUT2D eigenvalue weighted by molar-refractivity contribution is -0.0300. The summed E-state index contributed by atoms with van der Waals surface area (Å²) < 4.78 is 23.0. The normalized spacial score (nSPS) is 24.7. The molecule has 7 heteroatoms. The second-order valence-corrected chi connectivity index (χ2v) is 7.01. The minimum absolute atomic E-state index is 0.305. The lowest BCUT2D eigenvalue weighted by Gasteiger charge is -2.32. The Labute approximate surface area is 139 Å². The molecule has 2 saturated heterocycles. The van der Waals surface area contributed by atoms with Gasteiger partial charge in [0.05, 0.1) is 23.9 Å². The van der Waals surface area contributed by atoms with Crippen molar-refractivity contribution in [3.8, 4) is 0 Å². The summed E-state index contributed by atoms with van der Waals surface area (Å²) in [6.07, 6.45) is 5.29. The monoisotopic (exact) mass is 324 g/mol. The van der Waals surface area contributed by atoms with Crippen LogP contribution in [0.2, 0.25) is 0 Å². The molecule has 0 bridgehead atoms. The Morgan fingerprint density at radius 2 is 1.83 bits per heavy atom. The molecule has 0 aliphatic carbocycles. The first kappa shape index (κ1) is 18.5. The van der Waals surface area contributed by atoms with E-state index in [0.717, 1.165) is 26.1 Å². The van der Waals surface area contributed by atoms with Gasteiger partial charge >= 0.3 is 7.12 Å². The molecule has 6 nitrogen and oxygen atoms in total. The molecule has 0 saturated carbocycles. The molecule has 130 valence electrons. The quantitative estimate of drug-likeness (QED) is 0.425. The van der Waals surface area contributed by atoms with Crippen LogP contribution in [0.3, 0.4) is 0 Å². The van der Waals surface area contributed by atoms with E-state index in [0.29, 0.717) is 24.7 Å². The maximum atomic E-state index is 7.59. The highest BCUT2D eigenvalue weighted by atomic mass is 16.7. The van der Waals surface area contributed by atoms with Gasteiger partial charge in [0.2, 0.25) is 0 Å². The molecular formula is C16H29BN2O4. The van der Waals surface area contributed by atoms with Gasteiger partial charge in [0.1, 0.15) is 0 Å². The summed E-state index contributed by atoms with van der Waals surface area (Å²) in [4.78, 5) is 0. The van der Waals surface area contributed by atoms with Gasteiger partial charge in [-0.05, 0) is 46.7 Å². The molecule has 0 radical (unpaired) electrons. The first-order valence-electron chi connectivity index (χ1n) is 8.34. The molecule has 0 unspecified atom stereocenters. The highest BCUT2D eigenvalue weighted by Gasteiger charge is 2.52. The van der Waals surface area contributed by atoms with Crippen LogP contribution in [0.4, 0.5) is 0 Å². The summed E-state index contributed by atoms with van der Waals surface area (Å²) >= 11 is 0. The van der Waals surface area contributed by atoms with E-state index in [1.54, 1.807) is 6.20 Å². The van der Waals surface area contributed by atoms with E-state index in [4.69, 9.17) is 24.2 Å². The number of rotatable bonds is 7. The second kappa shape index (κ2) is 7.79. The van der Waals surface area contributed by atoms with E-state index in [1.165, 1.54) is 6.21 Å². The predicted octanol–water partition coefficient (Wildman–Crippen LogP) is 1.94. The molecule has 0 amide bonds. The number of nitrogens with one attached hydrogen (secondary N) is 2. The van der Waals surface area contributed by atoms with Gasteiger partial charge in [0, 0.05) is 31.4 Å². The van der Waals surface area contributed by atoms with E-state index < -0.39 is 18.3 Å². The summed E-state index contributed by atoms with van der Waals surface area (Å²) in [5.41, 5.74) is -0.118. The van der Waals surface area contributed by atoms with E-state index in [9.17, 15) is 0 Å². The van der Waals surface area contributed by atoms with Crippen LogP contribution in [0, 0.1) is 5.41 Å². The van der Waals surface area contributed by atoms with Gasteiger partial charge in [-0.25, -0.2) is 0 Å². The molecule has 2 aliphatic heterocycles. The third-order valence-corrected chi connectivity index (χ3v) is 4.73. The summed E-state index contributed by atoms with van der Waals surface area (Å²) in [6, 6.07) is 0. The van der Waals surface area contributed by atoms with Gasteiger partial charge in [-0.3, -0.25) is 0 Å². The van der Waals surface area contributed by atoms with E-state index >= 15 is 0 Å². The molecule has 2 heterocycles. The Balaban J connectivity index is 1.75. The standard InChI is InChI=1S/C16H29BN2O4/c1-15(2)16(3,4)23-17(22-15)13(11-18)12-19-7-10-21-14-5-8-20-9-6-14/h11-12,14,18-19H,5-10H2,1-4H3/b13-12+,18-11?. The maximum absolute atomic E-state index is 7.59. The van der Waals surface area contributed by atoms with Crippen molar-refractivity contribution < 1.29 is 18.8 Å². The highest BCUT2D eigenvalue weighted by Crippen LogP contribution is 2.38. The fraction of sp³-hybridized carbons (Fsp3) is 0.812. The first-order valence-corrected chi connectivity index (χ1v) is 8.34. The molecule has 0 aromatic heterocycles. The average Bonchev–Trinajstić information content (AvgIpc) is 2.72. The Morgan fingerprint density at radius 1 is 1.22 bits per heavy atom. The Morgan fingerprint density at radius 3 is 2.39 bits per heavy atom. The lowest BCUT2D eigenvalue weighted by atomic mass is 9.79. The predicted molar refractivity (Wildman–Crippen MR) is 90.7 cm³/mol. The molecule has 0 aromatic rings. The Kier molecular flexibility index (Phi) is 6.25. The maximum Gasteiger partial charge on any atom is 0.497 e. The number of hydrogen-bond donors (Lipinski definition) is 2. The van der Waals surface area contributed by atoms with Gasteiger partial charge in [0.25, 0.3) is 0 Å². The largest absolute Gasteiger partial charge is 0.497 e. The van der Waals surface area contributed by atoms with Crippen molar-refractivity contribution in [2.45, 2.75) is 57.8 Å². The van der Waals surface area contributed by atoms with Crippen molar-refractivity contribution in [3.63, 3.8) is 0 Å². The Bertz CT molecular complexity index is 418. The molecule has 2 aliphatic rings. The van der Waals surface area contributed by atoms with Crippen molar-refractivity contribution in [1.29, 1.82) is 5.41 Å². The van der Waals surface area contributed by atoms with Crippen molar-refractivity contribution in [1.82, 2.24) is 5.32 Å². The van der Waals surface area contributed by atoms with Crippen LogP contribution in [-0.4, -0.2) is 57.0 Å². The first-order chi connectivity index (χ1) is 10.9. The molecule has 23 heavy (non-hydrogen) atoms. The summed E-state index contributed by atoms with van der Waals surface area (Å²) in [5, 5.41) is 10.8. The smallest absolute Gasteiger partial charge is 0.399 e. The van der Waals surface area contributed by atoms with Crippen LogP contribution < -0.4 is 5.32 Å². The SMILES string of the molecule is CC1(C)OB(/C(C=N)=C/NCCOC2CCOCC2)OC1(C)C. The number of hydrogen-bond acceptors (Lipinski definition) is 6. The molecule has 0 aromatic carbocycles. The zero-order valence-corrected chi connectivity index (χ0v) is 14.7. The molecule has 2 N–H and O–H groups in total. The van der Waals surface area contributed by atoms with Crippen LogP contribution in [0.1, 0.15) is 40.5 Å². The number of allylic oxidation sites excluding steroid dienone is 1. The lowest BCUT2D eigenvalue weighted by Crippen LogP contribution is -2.41. The average molecular weight is 324 g/mol. The summed E-state index contributed by atoms with van der Waals surface area (Å²) in [5.74, 6) is 0. The zero-order valence-electron chi connectivity index (χ0n) is 14.7. The van der Waals surface area contributed by atoms with Gasteiger partial charge < -0.3 is 29.5 Å². The van der Waals surface area contributed by atoms with Crippen LogP contribution >= 0.6 is 0 Å². The van der Waals surface area contributed by atoms with E-state index in [1.807, 2.05) is 27.7 Å².